The van der Waals surface area contributed by atoms with E-state index in [2.05, 4.69) is 83.1 Å². The second kappa shape index (κ2) is 7.23. The molecule has 3 aromatic rings. The number of carbonyl (C=O) groups excluding carboxylic acids is 1. The Hall–Kier alpha value is -3.07. The Balaban J connectivity index is 1.68. The highest BCUT2D eigenvalue weighted by atomic mass is 16.5. The first kappa shape index (κ1) is 20.8. The van der Waals surface area contributed by atoms with E-state index in [0.717, 1.165) is 53.1 Å². The maximum Gasteiger partial charge on any atom is 0.246 e. The van der Waals surface area contributed by atoms with Crippen molar-refractivity contribution in [3.05, 3.63) is 88.5 Å². The van der Waals surface area contributed by atoms with Gasteiger partial charge in [-0.3, -0.25) is 9.69 Å². The van der Waals surface area contributed by atoms with Crippen molar-refractivity contribution in [3.8, 4) is 5.75 Å². The smallest absolute Gasteiger partial charge is 0.246 e. The van der Waals surface area contributed by atoms with Gasteiger partial charge in [-0.15, -0.1) is 0 Å². The van der Waals surface area contributed by atoms with Crippen molar-refractivity contribution in [2.24, 2.45) is 0 Å². The number of fused-ring (bicyclic) bond motifs is 2. The molecule has 2 aliphatic heterocycles. The summed E-state index contributed by atoms with van der Waals surface area (Å²) in [5.41, 5.74) is 6.72. The van der Waals surface area contributed by atoms with Crippen LogP contribution in [-0.2, 0) is 23.1 Å². The van der Waals surface area contributed by atoms with Crippen LogP contribution in [0, 0.1) is 6.92 Å². The van der Waals surface area contributed by atoms with Crippen LogP contribution in [0.1, 0.15) is 61.9 Å². The maximum atomic E-state index is 14.2. The topological polar surface area (TPSA) is 29.5 Å². The average Bonchev–Trinajstić information content (AvgIpc) is 3.00. The van der Waals surface area contributed by atoms with E-state index in [9.17, 15) is 4.79 Å². The lowest BCUT2D eigenvalue weighted by molar-refractivity contribution is -0.120. The van der Waals surface area contributed by atoms with E-state index >= 15 is 0 Å². The monoisotopic (exact) mass is 425 g/mol. The van der Waals surface area contributed by atoms with Gasteiger partial charge in [0.25, 0.3) is 0 Å². The van der Waals surface area contributed by atoms with Gasteiger partial charge in [-0.05, 0) is 99.0 Å². The molecule has 3 aromatic carbocycles. The van der Waals surface area contributed by atoms with E-state index in [0.29, 0.717) is 0 Å². The van der Waals surface area contributed by atoms with Gasteiger partial charge in [0.2, 0.25) is 5.91 Å². The number of carbonyl (C=O) groups is 1. The molecule has 0 radical (unpaired) electrons. The van der Waals surface area contributed by atoms with Crippen molar-refractivity contribution < 1.29 is 9.53 Å². The van der Waals surface area contributed by atoms with Crippen LogP contribution < -0.4 is 9.64 Å². The molecular formula is C29H31NO2. The predicted octanol–water partition coefficient (Wildman–Crippen LogP) is 6.65. The third-order valence-electron chi connectivity index (χ3n) is 7.16. The molecule has 5 rings (SSSR count). The van der Waals surface area contributed by atoms with E-state index in [1.54, 1.807) is 0 Å². The lowest BCUT2D eigenvalue weighted by atomic mass is 9.75. The Morgan fingerprint density at radius 3 is 2.56 bits per heavy atom. The quantitative estimate of drug-likeness (QED) is 0.470. The van der Waals surface area contributed by atoms with Crippen molar-refractivity contribution in [2.45, 2.75) is 64.9 Å². The van der Waals surface area contributed by atoms with Crippen LogP contribution in [0.3, 0.4) is 0 Å². The molecule has 1 atom stereocenters. The minimum Gasteiger partial charge on any atom is -0.488 e. The summed E-state index contributed by atoms with van der Waals surface area (Å²) in [4.78, 5) is 16.1. The molecular weight excluding hydrogens is 394 g/mol. The average molecular weight is 426 g/mol. The lowest BCUT2D eigenvalue weighted by Gasteiger charge is -2.34. The Morgan fingerprint density at radius 1 is 1.00 bits per heavy atom. The van der Waals surface area contributed by atoms with Crippen molar-refractivity contribution in [2.75, 3.05) is 4.90 Å². The number of aryl methyl sites for hydroxylation is 3. The normalized spacial score (nSPS) is 21.2. The van der Waals surface area contributed by atoms with Crippen molar-refractivity contribution in [1.29, 1.82) is 0 Å². The summed E-state index contributed by atoms with van der Waals surface area (Å²) in [6, 6.07) is 21.0. The summed E-state index contributed by atoms with van der Waals surface area (Å²) in [6.07, 6.45) is 2.87. The Morgan fingerprint density at radius 2 is 1.81 bits per heavy atom. The van der Waals surface area contributed by atoms with Gasteiger partial charge in [-0.2, -0.15) is 0 Å². The number of hydrogen-bond donors (Lipinski definition) is 0. The van der Waals surface area contributed by atoms with Crippen LogP contribution in [0.25, 0.3) is 0 Å². The number of benzene rings is 3. The van der Waals surface area contributed by atoms with Gasteiger partial charge >= 0.3 is 0 Å². The first-order chi connectivity index (χ1) is 15.2. The second-order valence-corrected chi connectivity index (χ2v) is 9.99. The van der Waals surface area contributed by atoms with Crippen LogP contribution in [0.15, 0.2) is 60.7 Å². The highest BCUT2D eigenvalue weighted by Crippen LogP contribution is 2.50. The fourth-order valence-electron chi connectivity index (χ4n) is 5.12. The third-order valence-corrected chi connectivity index (χ3v) is 7.16. The van der Waals surface area contributed by atoms with Gasteiger partial charge in [0.05, 0.1) is 11.1 Å². The SMILES string of the molecule is CCc1ccc2c(c1)C(C)(c1ccc3c(c1)CCC(C)(C)O3)C(=O)N2c1cccc(C)c1. The fraction of sp³-hybridized carbons (Fsp3) is 0.345. The summed E-state index contributed by atoms with van der Waals surface area (Å²) >= 11 is 0. The molecule has 0 aliphatic carbocycles. The zero-order valence-electron chi connectivity index (χ0n) is 19.7. The number of rotatable bonds is 3. The molecule has 0 fully saturated rings. The van der Waals surface area contributed by atoms with Gasteiger partial charge in [0.1, 0.15) is 11.4 Å². The van der Waals surface area contributed by atoms with Crippen LogP contribution in [-0.4, -0.2) is 11.5 Å². The zero-order chi connectivity index (χ0) is 22.7. The molecule has 0 saturated heterocycles. The van der Waals surface area contributed by atoms with Crippen LogP contribution in [0.4, 0.5) is 11.4 Å². The highest BCUT2D eigenvalue weighted by Gasteiger charge is 2.49. The summed E-state index contributed by atoms with van der Waals surface area (Å²) < 4.78 is 6.21. The van der Waals surface area contributed by atoms with Crippen LogP contribution in [0.5, 0.6) is 5.75 Å². The molecule has 0 aromatic heterocycles. The molecule has 0 spiro atoms. The highest BCUT2D eigenvalue weighted by molar-refractivity contribution is 6.14. The standard InChI is InChI=1S/C29H31NO2/c1-6-20-10-12-25-24(17-20)29(5,27(31)30(25)23-9-7-8-19(2)16-23)22-11-13-26-21(18-22)14-15-28(3,4)32-26/h7-13,16-18H,6,14-15H2,1-5H3. The number of anilines is 2. The maximum absolute atomic E-state index is 14.2. The number of nitrogens with zero attached hydrogens (tertiary/aromatic N) is 1. The summed E-state index contributed by atoms with van der Waals surface area (Å²) in [6.45, 7) is 10.6. The molecule has 1 unspecified atom stereocenters. The van der Waals surface area contributed by atoms with E-state index in [-0.39, 0.29) is 11.5 Å². The first-order valence-corrected chi connectivity index (χ1v) is 11.6. The summed E-state index contributed by atoms with van der Waals surface area (Å²) in [5.74, 6) is 1.04. The van der Waals surface area contributed by atoms with Crippen molar-refractivity contribution >= 4 is 17.3 Å². The van der Waals surface area contributed by atoms with Gasteiger partial charge < -0.3 is 4.74 Å². The molecule has 0 N–H and O–H groups in total. The molecule has 3 heteroatoms. The Kier molecular flexibility index (Phi) is 4.70. The zero-order valence-corrected chi connectivity index (χ0v) is 19.7. The van der Waals surface area contributed by atoms with E-state index in [1.165, 1.54) is 11.1 Å². The van der Waals surface area contributed by atoms with Crippen LogP contribution >= 0.6 is 0 Å². The number of ether oxygens (including phenoxy) is 1. The first-order valence-electron chi connectivity index (χ1n) is 11.6. The largest absolute Gasteiger partial charge is 0.488 e. The number of hydrogen-bond acceptors (Lipinski definition) is 2. The summed E-state index contributed by atoms with van der Waals surface area (Å²) in [5, 5.41) is 0. The minimum absolute atomic E-state index is 0.100. The van der Waals surface area contributed by atoms with Crippen molar-refractivity contribution in [1.82, 2.24) is 0 Å². The molecule has 0 bridgehead atoms. The minimum atomic E-state index is -0.744. The predicted molar refractivity (Wildman–Crippen MR) is 130 cm³/mol. The molecule has 0 saturated carbocycles. The molecule has 32 heavy (non-hydrogen) atoms. The molecule has 2 heterocycles. The van der Waals surface area contributed by atoms with Gasteiger partial charge in [-0.25, -0.2) is 0 Å². The molecule has 3 nitrogen and oxygen atoms in total. The molecule has 1 amide bonds. The van der Waals surface area contributed by atoms with E-state index < -0.39 is 5.41 Å². The van der Waals surface area contributed by atoms with Crippen molar-refractivity contribution in [3.63, 3.8) is 0 Å². The molecule has 164 valence electrons. The van der Waals surface area contributed by atoms with Crippen LogP contribution in [0.2, 0.25) is 0 Å². The van der Waals surface area contributed by atoms with Gasteiger partial charge in [0.15, 0.2) is 0 Å². The fourth-order valence-corrected chi connectivity index (χ4v) is 5.12. The Labute approximate surface area is 191 Å². The van der Waals surface area contributed by atoms with E-state index in [1.807, 2.05) is 17.0 Å². The summed E-state index contributed by atoms with van der Waals surface area (Å²) in [7, 11) is 0. The Bertz CT molecular complexity index is 1230. The van der Waals surface area contributed by atoms with Gasteiger partial charge in [0, 0.05) is 5.69 Å². The number of amides is 1. The van der Waals surface area contributed by atoms with E-state index in [4.69, 9.17) is 4.74 Å². The second-order valence-electron chi connectivity index (χ2n) is 9.99. The molecule has 2 aliphatic rings. The van der Waals surface area contributed by atoms with Gasteiger partial charge in [-0.1, -0.05) is 43.3 Å². The lowest BCUT2D eigenvalue weighted by Crippen LogP contribution is -2.37. The third kappa shape index (κ3) is 3.14.